The normalized spacial score (nSPS) is 15.9. The first-order valence-electron chi connectivity index (χ1n) is 7.95. The number of nitrogens with zero attached hydrogens (tertiary/aromatic N) is 1. The van der Waals surface area contributed by atoms with Gasteiger partial charge in [0, 0.05) is 32.0 Å². The van der Waals surface area contributed by atoms with Crippen LogP contribution in [0.5, 0.6) is 0 Å². The fourth-order valence-electron chi connectivity index (χ4n) is 2.59. The van der Waals surface area contributed by atoms with Gasteiger partial charge in [0.25, 0.3) is 0 Å². The van der Waals surface area contributed by atoms with Crippen molar-refractivity contribution in [2.45, 2.75) is 58.4 Å². The molecule has 1 heterocycles. The Morgan fingerprint density at radius 2 is 1.85 bits per heavy atom. The molecule has 2 N–H and O–H groups in total. The number of nitrogens with one attached hydrogen (secondary N) is 2. The van der Waals surface area contributed by atoms with Gasteiger partial charge in [-0.3, -0.25) is 9.59 Å². The molecule has 1 saturated heterocycles. The largest absolute Gasteiger partial charge is 0.356 e. The van der Waals surface area contributed by atoms with Crippen LogP contribution in [0.4, 0.5) is 0 Å². The fourth-order valence-corrected chi connectivity index (χ4v) is 2.59. The second-order valence-electron chi connectivity index (χ2n) is 5.42. The Morgan fingerprint density at radius 3 is 2.45 bits per heavy atom. The topological polar surface area (TPSA) is 61.4 Å². The van der Waals surface area contributed by atoms with E-state index in [1.54, 1.807) is 0 Å². The summed E-state index contributed by atoms with van der Waals surface area (Å²) in [6.45, 7) is 7.57. The second-order valence-corrected chi connectivity index (χ2v) is 5.42. The maximum Gasteiger partial charge on any atom is 0.223 e. The highest BCUT2D eigenvalue weighted by atomic mass is 16.2. The molecule has 0 aliphatic carbocycles. The third-order valence-electron chi connectivity index (χ3n) is 3.67. The smallest absolute Gasteiger partial charge is 0.223 e. The van der Waals surface area contributed by atoms with Crippen LogP contribution in [0.15, 0.2) is 0 Å². The van der Waals surface area contributed by atoms with Crippen molar-refractivity contribution in [2.24, 2.45) is 0 Å². The Morgan fingerprint density at radius 1 is 1.15 bits per heavy atom. The quantitative estimate of drug-likeness (QED) is 0.705. The molecular weight excluding hydrogens is 254 g/mol. The Kier molecular flexibility index (Phi) is 8.26. The van der Waals surface area contributed by atoms with Gasteiger partial charge in [0.05, 0.1) is 0 Å². The van der Waals surface area contributed by atoms with Crippen LogP contribution in [0.2, 0.25) is 0 Å². The van der Waals surface area contributed by atoms with Gasteiger partial charge in [0.2, 0.25) is 11.8 Å². The zero-order valence-corrected chi connectivity index (χ0v) is 12.9. The van der Waals surface area contributed by atoms with Gasteiger partial charge in [-0.25, -0.2) is 0 Å². The molecule has 5 nitrogen and oxygen atoms in total. The first kappa shape index (κ1) is 17.0. The van der Waals surface area contributed by atoms with Crippen LogP contribution in [-0.4, -0.2) is 48.9 Å². The standard InChI is InChI=1S/C15H29N3O2/c1-3-9-17-14(19)5-6-15(20)18(12-4-2)13-7-10-16-11-8-13/h13,16H,3-12H2,1-2H3,(H,17,19). The van der Waals surface area contributed by atoms with Crippen molar-refractivity contribution in [1.29, 1.82) is 0 Å². The lowest BCUT2D eigenvalue weighted by Gasteiger charge is -2.34. The summed E-state index contributed by atoms with van der Waals surface area (Å²) in [7, 11) is 0. The lowest BCUT2D eigenvalue weighted by molar-refractivity contribution is -0.136. The van der Waals surface area contributed by atoms with Crippen LogP contribution in [0.25, 0.3) is 0 Å². The van der Waals surface area contributed by atoms with Crippen LogP contribution in [0.3, 0.4) is 0 Å². The van der Waals surface area contributed by atoms with E-state index in [0.717, 1.165) is 45.3 Å². The zero-order valence-electron chi connectivity index (χ0n) is 12.9. The van der Waals surface area contributed by atoms with E-state index in [1.165, 1.54) is 0 Å². The molecule has 20 heavy (non-hydrogen) atoms. The van der Waals surface area contributed by atoms with Gasteiger partial charge in [-0.05, 0) is 38.8 Å². The minimum absolute atomic E-state index is 0.0121. The van der Waals surface area contributed by atoms with Gasteiger partial charge < -0.3 is 15.5 Å². The molecule has 2 amide bonds. The molecule has 1 rings (SSSR count). The second kappa shape index (κ2) is 9.75. The first-order chi connectivity index (χ1) is 9.69. The summed E-state index contributed by atoms with van der Waals surface area (Å²) in [6, 6.07) is 0.349. The zero-order chi connectivity index (χ0) is 14.8. The Balaban J connectivity index is 2.40. The van der Waals surface area contributed by atoms with Crippen molar-refractivity contribution in [2.75, 3.05) is 26.2 Å². The molecule has 0 aromatic rings. The van der Waals surface area contributed by atoms with E-state index in [-0.39, 0.29) is 11.8 Å². The predicted octanol–water partition coefficient (Wildman–Crippen LogP) is 1.28. The third-order valence-corrected chi connectivity index (χ3v) is 3.67. The molecule has 0 atom stereocenters. The summed E-state index contributed by atoms with van der Waals surface area (Å²) in [5.74, 6) is 0.118. The van der Waals surface area contributed by atoms with E-state index in [4.69, 9.17) is 0 Å². The molecule has 0 aromatic carbocycles. The Hall–Kier alpha value is -1.10. The number of hydrogen-bond acceptors (Lipinski definition) is 3. The minimum Gasteiger partial charge on any atom is -0.356 e. The van der Waals surface area contributed by atoms with Gasteiger partial charge in [0.1, 0.15) is 0 Å². The van der Waals surface area contributed by atoms with Crippen LogP contribution in [0, 0.1) is 0 Å². The third kappa shape index (κ3) is 5.90. The number of carbonyl (C=O) groups is 2. The molecule has 1 fully saturated rings. The highest BCUT2D eigenvalue weighted by Gasteiger charge is 2.24. The fraction of sp³-hybridized carbons (Fsp3) is 0.867. The summed E-state index contributed by atoms with van der Waals surface area (Å²) >= 11 is 0. The molecular formula is C15H29N3O2. The first-order valence-corrected chi connectivity index (χ1v) is 7.95. The van der Waals surface area contributed by atoms with E-state index in [0.29, 0.717) is 25.4 Å². The monoisotopic (exact) mass is 283 g/mol. The SMILES string of the molecule is CCCNC(=O)CCC(=O)N(CCC)C1CCNCC1. The van der Waals surface area contributed by atoms with Crippen molar-refractivity contribution in [3.05, 3.63) is 0 Å². The van der Waals surface area contributed by atoms with Crippen molar-refractivity contribution in [3.8, 4) is 0 Å². The van der Waals surface area contributed by atoms with E-state index < -0.39 is 0 Å². The molecule has 1 aliphatic rings. The van der Waals surface area contributed by atoms with E-state index in [1.807, 2.05) is 11.8 Å². The summed E-state index contributed by atoms with van der Waals surface area (Å²) < 4.78 is 0. The minimum atomic E-state index is -0.0121. The Labute approximate surface area is 122 Å². The van der Waals surface area contributed by atoms with Gasteiger partial charge >= 0.3 is 0 Å². The molecule has 1 aliphatic heterocycles. The summed E-state index contributed by atoms with van der Waals surface area (Å²) in [5, 5.41) is 6.14. The van der Waals surface area contributed by atoms with Crippen molar-refractivity contribution in [3.63, 3.8) is 0 Å². The van der Waals surface area contributed by atoms with Gasteiger partial charge in [-0.2, -0.15) is 0 Å². The maximum atomic E-state index is 12.3. The average molecular weight is 283 g/mol. The van der Waals surface area contributed by atoms with Crippen molar-refractivity contribution in [1.82, 2.24) is 15.5 Å². The van der Waals surface area contributed by atoms with E-state index in [2.05, 4.69) is 17.6 Å². The highest BCUT2D eigenvalue weighted by Crippen LogP contribution is 2.14. The van der Waals surface area contributed by atoms with Gasteiger partial charge in [-0.1, -0.05) is 13.8 Å². The van der Waals surface area contributed by atoms with Gasteiger partial charge in [-0.15, -0.1) is 0 Å². The lowest BCUT2D eigenvalue weighted by atomic mass is 10.0. The molecule has 116 valence electrons. The van der Waals surface area contributed by atoms with Crippen molar-refractivity contribution < 1.29 is 9.59 Å². The molecule has 0 radical (unpaired) electrons. The average Bonchev–Trinajstić information content (AvgIpc) is 2.49. The Bertz CT molecular complexity index is 301. The lowest BCUT2D eigenvalue weighted by Crippen LogP contribution is -2.46. The summed E-state index contributed by atoms with van der Waals surface area (Å²) in [5.41, 5.74) is 0. The van der Waals surface area contributed by atoms with Crippen molar-refractivity contribution >= 4 is 11.8 Å². The molecule has 0 spiro atoms. The van der Waals surface area contributed by atoms with E-state index >= 15 is 0 Å². The summed E-state index contributed by atoms with van der Waals surface area (Å²) in [4.78, 5) is 25.9. The number of carbonyl (C=O) groups excluding carboxylic acids is 2. The molecule has 0 saturated carbocycles. The number of amides is 2. The van der Waals surface area contributed by atoms with E-state index in [9.17, 15) is 9.59 Å². The predicted molar refractivity (Wildman–Crippen MR) is 80.4 cm³/mol. The van der Waals surface area contributed by atoms with Gasteiger partial charge in [0.15, 0.2) is 0 Å². The maximum absolute atomic E-state index is 12.3. The van der Waals surface area contributed by atoms with Crippen LogP contribution < -0.4 is 10.6 Å². The molecule has 0 aromatic heterocycles. The van der Waals surface area contributed by atoms with Crippen LogP contribution in [-0.2, 0) is 9.59 Å². The van der Waals surface area contributed by atoms with Crippen LogP contribution in [0.1, 0.15) is 52.4 Å². The number of rotatable bonds is 8. The van der Waals surface area contributed by atoms with Crippen LogP contribution >= 0.6 is 0 Å². The molecule has 5 heteroatoms. The number of piperidine rings is 1. The summed E-state index contributed by atoms with van der Waals surface area (Å²) in [6.07, 6.45) is 4.58. The molecule has 0 unspecified atom stereocenters. The molecule has 0 bridgehead atoms. The number of hydrogen-bond donors (Lipinski definition) is 2. The highest BCUT2D eigenvalue weighted by molar-refractivity contribution is 5.83.